The highest BCUT2D eigenvalue weighted by molar-refractivity contribution is 5.94. The number of ketones is 1. The van der Waals surface area contributed by atoms with Crippen LogP contribution in [0.1, 0.15) is 33.4 Å². The van der Waals surface area contributed by atoms with Gasteiger partial charge in [-0.3, -0.25) is 4.79 Å². The second-order valence-corrected chi connectivity index (χ2v) is 6.64. The highest BCUT2D eigenvalue weighted by atomic mass is 16.5. The Labute approximate surface area is 170 Å². The van der Waals surface area contributed by atoms with Crippen molar-refractivity contribution in [3.8, 4) is 17.1 Å². The van der Waals surface area contributed by atoms with Gasteiger partial charge < -0.3 is 18.7 Å². The van der Waals surface area contributed by atoms with Crippen molar-refractivity contribution in [3.05, 3.63) is 88.0 Å². The Hall–Kier alpha value is -4.13. The minimum Gasteiger partial charge on any atom is -0.508 e. The van der Waals surface area contributed by atoms with Crippen LogP contribution in [0.15, 0.2) is 74.3 Å². The highest BCUT2D eigenvalue weighted by Crippen LogP contribution is 2.25. The van der Waals surface area contributed by atoms with Crippen LogP contribution in [0.25, 0.3) is 22.3 Å². The van der Waals surface area contributed by atoms with E-state index in [1.807, 2.05) is 0 Å². The fourth-order valence-electron chi connectivity index (χ4n) is 3.02. The van der Waals surface area contributed by atoms with Gasteiger partial charge in [0.05, 0.1) is 0 Å². The summed E-state index contributed by atoms with van der Waals surface area (Å²) in [5.74, 6) is -0.312. The molecule has 0 saturated carbocycles. The van der Waals surface area contributed by atoms with E-state index in [-0.39, 0.29) is 29.5 Å². The van der Waals surface area contributed by atoms with Gasteiger partial charge in [-0.25, -0.2) is 9.59 Å². The number of carbonyl (C=O) groups is 2. The number of ether oxygens (including phenoxy) is 1. The van der Waals surface area contributed by atoms with Crippen LogP contribution in [0.3, 0.4) is 0 Å². The molecule has 0 saturated heterocycles. The molecule has 150 valence electrons. The Bertz CT molecular complexity index is 1310. The van der Waals surface area contributed by atoms with Crippen LogP contribution in [0.2, 0.25) is 0 Å². The molecule has 2 aromatic carbocycles. The number of fused-ring (bicyclic) bond motifs is 1. The SMILES string of the molecule is CC(=O)c1ccc(-c2ccc(C(=O)OCc3cc(=O)oc4cc(O)ccc34)o2)cc1. The number of hydrogen-bond donors (Lipinski definition) is 1. The van der Waals surface area contributed by atoms with Crippen LogP contribution in [0.4, 0.5) is 0 Å². The number of hydrogen-bond acceptors (Lipinski definition) is 7. The third-order valence-corrected chi connectivity index (χ3v) is 4.56. The van der Waals surface area contributed by atoms with Crippen molar-refractivity contribution in [2.24, 2.45) is 0 Å². The Balaban J connectivity index is 1.51. The summed E-state index contributed by atoms with van der Waals surface area (Å²) in [5.41, 5.74) is 1.32. The van der Waals surface area contributed by atoms with Gasteiger partial charge in [0, 0.05) is 34.2 Å². The Morgan fingerprint density at radius 2 is 1.73 bits per heavy atom. The van der Waals surface area contributed by atoms with Gasteiger partial charge in [0.1, 0.15) is 23.7 Å². The Kier molecular flexibility index (Phi) is 4.93. The molecule has 7 nitrogen and oxygen atoms in total. The zero-order valence-corrected chi connectivity index (χ0v) is 15.9. The van der Waals surface area contributed by atoms with Crippen LogP contribution in [0.5, 0.6) is 5.75 Å². The van der Waals surface area contributed by atoms with Crippen LogP contribution in [-0.4, -0.2) is 16.9 Å². The van der Waals surface area contributed by atoms with E-state index >= 15 is 0 Å². The summed E-state index contributed by atoms with van der Waals surface area (Å²) >= 11 is 0. The zero-order chi connectivity index (χ0) is 21.3. The van der Waals surface area contributed by atoms with Crippen molar-refractivity contribution in [2.45, 2.75) is 13.5 Å². The topological polar surface area (TPSA) is 107 Å². The molecule has 0 aliphatic rings. The van der Waals surface area contributed by atoms with Gasteiger partial charge in [0.15, 0.2) is 5.78 Å². The van der Waals surface area contributed by atoms with Crippen molar-refractivity contribution in [3.63, 3.8) is 0 Å². The van der Waals surface area contributed by atoms with Gasteiger partial charge >= 0.3 is 11.6 Å². The van der Waals surface area contributed by atoms with Gasteiger partial charge in [-0.05, 0) is 31.2 Å². The van der Waals surface area contributed by atoms with E-state index in [0.29, 0.717) is 27.8 Å². The first-order valence-electron chi connectivity index (χ1n) is 9.05. The van der Waals surface area contributed by atoms with E-state index in [9.17, 15) is 19.5 Å². The number of furan rings is 1. The molecule has 0 aliphatic carbocycles. The van der Waals surface area contributed by atoms with Gasteiger partial charge in [-0.1, -0.05) is 24.3 Å². The summed E-state index contributed by atoms with van der Waals surface area (Å²) in [5, 5.41) is 10.1. The first-order chi connectivity index (χ1) is 14.4. The molecule has 0 atom stereocenters. The lowest BCUT2D eigenvalue weighted by Gasteiger charge is -2.06. The van der Waals surface area contributed by atoms with E-state index in [1.54, 1.807) is 36.4 Å². The van der Waals surface area contributed by atoms with Crippen LogP contribution in [-0.2, 0) is 11.3 Å². The lowest BCUT2D eigenvalue weighted by atomic mass is 10.1. The Morgan fingerprint density at radius 3 is 2.47 bits per heavy atom. The normalized spacial score (nSPS) is 10.8. The first kappa shape index (κ1) is 19.2. The number of rotatable bonds is 5. The summed E-state index contributed by atoms with van der Waals surface area (Å²) in [4.78, 5) is 35.5. The van der Waals surface area contributed by atoms with Crippen LogP contribution in [0, 0.1) is 0 Å². The van der Waals surface area contributed by atoms with E-state index in [0.717, 1.165) is 0 Å². The molecule has 30 heavy (non-hydrogen) atoms. The maximum absolute atomic E-state index is 12.4. The zero-order valence-electron chi connectivity index (χ0n) is 15.9. The fraction of sp³-hybridized carbons (Fsp3) is 0.0870. The molecule has 0 radical (unpaired) electrons. The summed E-state index contributed by atoms with van der Waals surface area (Å²) < 4.78 is 15.9. The summed E-state index contributed by atoms with van der Waals surface area (Å²) in [6.45, 7) is 1.31. The molecular weight excluding hydrogens is 388 g/mol. The van der Waals surface area contributed by atoms with Crippen molar-refractivity contribution in [1.82, 2.24) is 0 Å². The third kappa shape index (κ3) is 3.86. The molecule has 1 N–H and O–H groups in total. The molecule has 4 aromatic rings. The van der Waals surface area contributed by atoms with E-state index in [1.165, 1.54) is 31.2 Å². The number of esters is 1. The number of Topliss-reactive ketones (excluding diaryl/α,β-unsaturated/α-hetero) is 1. The molecule has 2 heterocycles. The maximum Gasteiger partial charge on any atom is 0.374 e. The predicted octanol–water partition coefficient (Wildman–Crippen LogP) is 4.32. The number of benzene rings is 2. The molecule has 0 aliphatic heterocycles. The van der Waals surface area contributed by atoms with E-state index in [4.69, 9.17) is 13.6 Å². The molecular formula is C23H16O7. The largest absolute Gasteiger partial charge is 0.508 e. The molecule has 4 rings (SSSR count). The standard InChI is InChI=1S/C23H16O7/c1-13(24)14-2-4-15(5-3-14)19-8-9-20(29-19)23(27)28-12-16-10-22(26)30-21-11-17(25)6-7-18(16)21/h2-11,25H,12H2,1H3. The fourth-order valence-corrected chi connectivity index (χ4v) is 3.02. The first-order valence-corrected chi connectivity index (χ1v) is 9.05. The summed E-state index contributed by atoms with van der Waals surface area (Å²) in [7, 11) is 0. The highest BCUT2D eigenvalue weighted by Gasteiger charge is 2.16. The monoisotopic (exact) mass is 404 g/mol. The van der Waals surface area contributed by atoms with E-state index in [2.05, 4.69) is 0 Å². The van der Waals surface area contributed by atoms with Crippen molar-refractivity contribution < 1.29 is 28.3 Å². The minimum atomic E-state index is -0.693. The van der Waals surface area contributed by atoms with Crippen molar-refractivity contribution >= 4 is 22.7 Å². The van der Waals surface area contributed by atoms with Gasteiger partial charge in [0.25, 0.3) is 0 Å². The molecule has 0 amide bonds. The number of phenolic OH excluding ortho intramolecular Hbond substituents is 1. The number of aromatic hydroxyl groups is 1. The number of carbonyl (C=O) groups excluding carboxylic acids is 2. The lowest BCUT2D eigenvalue weighted by molar-refractivity contribution is 0.0438. The van der Waals surface area contributed by atoms with Gasteiger partial charge in [-0.2, -0.15) is 0 Å². The van der Waals surface area contributed by atoms with Gasteiger partial charge in [-0.15, -0.1) is 0 Å². The summed E-state index contributed by atoms with van der Waals surface area (Å²) in [6.07, 6.45) is 0. The smallest absolute Gasteiger partial charge is 0.374 e. The third-order valence-electron chi connectivity index (χ3n) is 4.56. The lowest BCUT2D eigenvalue weighted by Crippen LogP contribution is -2.07. The Morgan fingerprint density at radius 1 is 0.967 bits per heavy atom. The number of phenols is 1. The molecule has 0 spiro atoms. The van der Waals surface area contributed by atoms with E-state index < -0.39 is 11.6 Å². The predicted molar refractivity (Wildman–Crippen MR) is 107 cm³/mol. The second kappa shape index (κ2) is 7.71. The quantitative estimate of drug-likeness (QED) is 0.300. The average molecular weight is 404 g/mol. The maximum atomic E-state index is 12.4. The van der Waals surface area contributed by atoms with Crippen LogP contribution >= 0.6 is 0 Å². The summed E-state index contributed by atoms with van der Waals surface area (Å²) in [6, 6.07) is 15.5. The van der Waals surface area contributed by atoms with Crippen molar-refractivity contribution in [2.75, 3.05) is 0 Å². The molecule has 0 unspecified atom stereocenters. The second-order valence-electron chi connectivity index (χ2n) is 6.64. The molecule has 0 fully saturated rings. The minimum absolute atomic E-state index is 0.00515. The molecule has 0 bridgehead atoms. The van der Waals surface area contributed by atoms with Crippen molar-refractivity contribution in [1.29, 1.82) is 0 Å². The van der Waals surface area contributed by atoms with Gasteiger partial charge in [0.2, 0.25) is 5.76 Å². The molecule has 2 aromatic heterocycles. The average Bonchev–Trinajstić information content (AvgIpc) is 3.21. The molecule has 7 heteroatoms. The van der Waals surface area contributed by atoms with Crippen LogP contribution < -0.4 is 5.63 Å².